The van der Waals surface area contributed by atoms with Crippen molar-refractivity contribution in [3.05, 3.63) is 63.1 Å². The second kappa shape index (κ2) is 9.12. The van der Waals surface area contributed by atoms with E-state index in [0.717, 1.165) is 26.7 Å². The Morgan fingerprint density at radius 3 is 2.17 bits per heavy atom. The van der Waals surface area contributed by atoms with Gasteiger partial charge in [-0.15, -0.1) is 0 Å². The van der Waals surface area contributed by atoms with Gasteiger partial charge < -0.3 is 5.11 Å². The highest BCUT2D eigenvalue weighted by Gasteiger charge is 2.26. The van der Waals surface area contributed by atoms with Crippen molar-refractivity contribution in [2.75, 3.05) is 0 Å². The first kappa shape index (κ1) is 23.1. The molecule has 0 bridgehead atoms. The maximum atomic E-state index is 12.2. The number of amides is 1. The highest BCUT2D eigenvalue weighted by molar-refractivity contribution is 9.10. The predicted octanol–water partition coefficient (Wildman–Crippen LogP) is 5.83. The van der Waals surface area contributed by atoms with Gasteiger partial charge in [-0.05, 0) is 51.6 Å². The lowest BCUT2D eigenvalue weighted by Crippen LogP contribution is -2.20. The fraction of sp³-hybridized carbons (Fsp3) is 0.417. The molecule has 0 saturated carbocycles. The van der Waals surface area contributed by atoms with Crippen LogP contribution in [-0.4, -0.2) is 17.2 Å². The van der Waals surface area contributed by atoms with Crippen LogP contribution >= 0.6 is 15.9 Å². The molecule has 5 heteroatoms. The number of aromatic hydroxyl groups is 1. The monoisotopic (exact) mass is 458 g/mol. The minimum absolute atomic E-state index is 0.140. The molecule has 0 spiro atoms. The number of benzene rings is 2. The quantitative estimate of drug-likeness (QED) is 0.436. The Morgan fingerprint density at radius 2 is 1.66 bits per heavy atom. The molecule has 0 aliphatic carbocycles. The predicted molar refractivity (Wildman–Crippen MR) is 124 cm³/mol. The van der Waals surface area contributed by atoms with Gasteiger partial charge >= 0.3 is 0 Å². The van der Waals surface area contributed by atoms with E-state index in [1.165, 1.54) is 0 Å². The molecular formula is C24H31BrN2O2. The van der Waals surface area contributed by atoms with Gasteiger partial charge in [0.25, 0.3) is 0 Å². The third kappa shape index (κ3) is 6.70. The van der Waals surface area contributed by atoms with E-state index in [2.05, 4.69) is 68.0 Å². The van der Waals surface area contributed by atoms with Crippen molar-refractivity contribution in [1.29, 1.82) is 0 Å². The molecular weight excluding hydrogens is 428 g/mol. The number of hydrazone groups is 1. The van der Waals surface area contributed by atoms with E-state index >= 15 is 0 Å². The highest BCUT2D eigenvalue weighted by Crippen LogP contribution is 2.39. The van der Waals surface area contributed by atoms with Crippen molar-refractivity contribution in [3.8, 4) is 5.75 Å². The van der Waals surface area contributed by atoms with Gasteiger partial charge in [0, 0.05) is 10.9 Å². The molecule has 0 fully saturated rings. The fourth-order valence-corrected chi connectivity index (χ4v) is 3.48. The standard InChI is InChI=1S/C24H31BrN2O2/c1-23(2,3)19-13-16(14-20(22(19)29)24(4,5)6)10-11-21(28)27-26-15-17-8-7-9-18(25)12-17/h7-9,12-15,29H,10-11H2,1-6H3,(H,27,28)/b26-15-. The third-order valence-electron chi connectivity index (χ3n) is 4.68. The molecule has 4 nitrogen and oxygen atoms in total. The molecule has 0 aromatic heterocycles. The highest BCUT2D eigenvalue weighted by atomic mass is 79.9. The van der Waals surface area contributed by atoms with Gasteiger partial charge in [-0.1, -0.05) is 81.7 Å². The van der Waals surface area contributed by atoms with Crippen molar-refractivity contribution in [3.63, 3.8) is 0 Å². The SMILES string of the molecule is CC(C)(C)c1cc(CCC(=O)N/N=C\c2cccc(Br)c2)cc(C(C)(C)C)c1O. The largest absolute Gasteiger partial charge is 0.507 e. The van der Waals surface area contributed by atoms with Crippen LogP contribution in [0.2, 0.25) is 0 Å². The van der Waals surface area contributed by atoms with Gasteiger partial charge in [0.05, 0.1) is 6.21 Å². The Labute approximate surface area is 182 Å². The Kier molecular flexibility index (Phi) is 7.28. The fourth-order valence-electron chi connectivity index (χ4n) is 3.06. The number of nitrogens with zero attached hydrogens (tertiary/aromatic N) is 1. The zero-order chi connectivity index (χ0) is 21.8. The number of hydrogen-bond donors (Lipinski definition) is 2. The molecule has 0 unspecified atom stereocenters. The minimum atomic E-state index is -0.184. The maximum Gasteiger partial charge on any atom is 0.240 e. The zero-order valence-electron chi connectivity index (χ0n) is 18.1. The number of rotatable bonds is 5. The first-order valence-electron chi connectivity index (χ1n) is 9.82. The minimum Gasteiger partial charge on any atom is -0.507 e. The molecule has 2 aromatic carbocycles. The second-order valence-corrected chi connectivity index (χ2v) is 10.3. The number of hydrogen-bond acceptors (Lipinski definition) is 3. The van der Waals surface area contributed by atoms with Crippen LogP contribution in [0.1, 0.15) is 70.2 Å². The average molecular weight is 459 g/mol. The molecule has 0 aliphatic rings. The molecule has 2 N–H and O–H groups in total. The Hall–Kier alpha value is -2.14. The van der Waals surface area contributed by atoms with E-state index in [-0.39, 0.29) is 16.7 Å². The summed E-state index contributed by atoms with van der Waals surface area (Å²) in [5, 5.41) is 14.8. The molecule has 0 heterocycles. The van der Waals surface area contributed by atoms with Crippen molar-refractivity contribution >= 4 is 28.1 Å². The molecule has 0 atom stereocenters. The van der Waals surface area contributed by atoms with Crippen molar-refractivity contribution in [2.24, 2.45) is 5.10 Å². The molecule has 2 rings (SSSR count). The summed E-state index contributed by atoms with van der Waals surface area (Å²) >= 11 is 3.41. The zero-order valence-corrected chi connectivity index (χ0v) is 19.7. The van der Waals surface area contributed by atoms with Crippen LogP contribution in [0.15, 0.2) is 46.0 Å². The summed E-state index contributed by atoms with van der Waals surface area (Å²) in [7, 11) is 0. The van der Waals surface area contributed by atoms with E-state index < -0.39 is 0 Å². The van der Waals surface area contributed by atoms with E-state index in [4.69, 9.17) is 0 Å². The van der Waals surface area contributed by atoms with Crippen molar-refractivity contribution in [2.45, 2.75) is 65.2 Å². The Bertz CT molecular complexity index is 871. The smallest absolute Gasteiger partial charge is 0.240 e. The van der Waals surface area contributed by atoms with Gasteiger partial charge in [0.15, 0.2) is 0 Å². The second-order valence-electron chi connectivity index (χ2n) is 9.39. The van der Waals surface area contributed by atoms with Crippen LogP contribution in [-0.2, 0) is 22.0 Å². The Balaban J connectivity index is 2.10. The van der Waals surface area contributed by atoms with Crippen LogP contribution in [0, 0.1) is 0 Å². The average Bonchev–Trinajstić information content (AvgIpc) is 2.59. The summed E-state index contributed by atoms with van der Waals surface area (Å²) in [5.74, 6) is 0.218. The molecule has 0 radical (unpaired) electrons. The van der Waals surface area contributed by atoms with E-state index in [0.29, 0.717) is 18.6 Å². The van der Waals surface area contributed by atoms with E-state index in [9.17, 15) is 9.90 Å². The summed E-state index contributed by atoms with van der Waals surface area (Å²) in [6.07, 6.45) is 2.54. The number of aryl methyl sites for hydroxylation is 1. The van der Waals surface area contributed by atoms with Crippen molar-refractivity contribution < 1.29 is 9.90 Å². The van der Waals surface area contributed by atoms with Gasteiger partial charge in [-0.25, -0.2) is 5.43 Å². The van der Waals surface area contributed by atoms with Gasteiger partial charge in [0.2, 0.25) is 5.91 Å². The summed E-state index contributed by atoms with van der Waals surface area (Å²) < 4.78 is 0.962. The number of carbonyl (C=O) groups excluding carboxylic acids is 1. The molecule has 156 valence electrons. The Morgan fingerprint density at radius 1 is 1.07 bits per heavy atom. The molecule has 1 amide bonds. The summed E-state index contributed by atoms with van der Waals surface area (Å²) in [6.45, 7) is 12.5. The van der Waals surface area contributed by atoms with E-state index in [1.54, 1.807) is 6.21 Å². The number of phenolic OH excluding ortho intramolecular Hbond substituents is 1. The van der Waals surface area contributed by atoms with Crippen molar-refractivity contribution in [1.82, 2.24) is 5.43 Å². The first-order chi connectivity index (χ1) is 13.4. The van der Waals surface area contributed by atoms with Crippen LogP contribution in [0.4, 0.5) is 0 Å². The van der Waals surface area contributed by atoms with Gasteiger partial charge in [0.1, 0.15) is 5.75 Å². The molecule has 0 aliphatic heterocycles. The van der Waals surface area contributed by atoms with Crippen LogP contribution in [0.25, 0.3) is 0 Å². The molecule has 29 heavy (non-hydrogen) atoms. The van der Waals surface area contributed by atoms with Gasteiger partial charge in [-0.2, -0.15) is 5.10 Å². The van der Waals surface area contributed by atoms with Crippen LogP contribution in [0.5, 0.6) is 5.75 Å². The topological polar surface area (TPSA) is 61.7 Å². The normalized spacial score (nSPS) is 12.4. The summed E-state index contributed by atoms with van der Waals surface area (Å²) in [4.78, 5) is 12.2. The lowest BCUT2D eigenvalue weighted by Gasteiger charge is -2.28. The van der Waals surface area contributed by atoms with E-state index in [1.807, 2.05) is 36.4 Å². The molecule has 2 aromatic rings. The lowest BCUT2D eigenvalue weighted by atomic mass is 9.78. The molecule has 0 saturated heterocycles. The van der Waals surface area contributed by atoms with Gasteiger partial charge in [-0.3, -0.25) is 4.79 Å². The summed E-state index contributed by atoms with van der Waals surface area (Å²) in [6, 6.07) is 11.7. The number of halogens is 1. The first-order valence-corrected chi connectivity index (χ1v) is 10.6. The maximum absolute atomic E-state index is 12.2. The lowest BCUT2D eigenvalue weighted by molar-refractivity contribution is -0.121. The third-order valence-corrected chi connectivity index (χ3v) is 5.17. The number of carbonyl (C=O) groups is 1. The number of phenols is 1. The van der Waals surface area contributed by atoms with Crippen LogP contribution in [0.3, 0.4) is 0 Å². The number of nitrogens with one attached hydrogen (secondary N) is 1. The van der Waals surface area contributed by atoms with Crippen LogP contribution < -0.4 is 5.43 Å². The summed E-state index contributed by atoms with van der Waals surface area (Å²) in [5.41, 5.74) is 5.99.